The predicted octanol–water partition coefficient (Wildman–Crippen LogP) is 3.80. The molecule has 1 fully saturated rings. The van der Waals surface area contributed by atoms with Crippen molar-refractivity contribution in [3.05, 3.63) is 29.5 Å². The van der Waals surface area contributed by atoms with Crippen molar-refractivity contribution in [1.29, 1.82) is 0 Å². The number of furan rings is 1. The standard InChI is InChI=1S/C14H14O2.H3N/c1-2-10-12(15-7-1)5-6-13-14(10)11(8-16-13)9-3-4-9;/h5-6,8-9H,1-4,7H2;1H3. The minimum absolute atomic E-state index is 0. The maximum Gasteiger partial charge on any atom is 0.134 e. The van der Waals surface area contributed by atoms with Gasteiger partial charge in [0.1, 0.15) is 11.3 Å². The highest BCUT2D eigenvalue weighted by Gasteiger charge is 2.29. The molecule has 3 nitrogen and oxygen atoms in total. The molecule has 2 aliphatic rings. The van der Waals surface area contributed by atoms with E-state index in [0.29, 0.717) is 0 Å². The van der Waals surface area contributed by atoms with Crippen LogP contribution in [0.25, 0.3) is 11.0 Å². The molecular weight excluding hydrogens is 214 g/mol. The molecule has 3 heteroatoms. The minimum atomic E-state index is 0. The second kappa shape index (κ2) is 3.77. The molecule has 1 aliphatic heterocycles. The monoisotopic (exact) mass is 231 g/mol. The molecule has 3 N–H and O–H groups in total. The van der Waals surface area contributed by atoms with E-state index in [-0.39, 0.29) is 6.15 Å². The normalized spacial score (nSPS) is 18.4. The quantitative estimate of drug-likeness (QED) is 0.812. The molecule has 0 unspecified atom stereocenters. The fourth-order valence-corrected chi connectivity index (χ4v) is 2.72. The van der Waals surface area contributed by atoms with Crippen LogP contribution in [0.1, 0.15) is 36.3 Å². The van der Waals surface area contributed by atoms with Gasteiger partial charge in [-0.1, -0.05) is 0 Å². The Kier molecular flexibility index (Phi) is 2.37. The second-order valence-corrected chi connectivity index (χ2v) is 4.83. The first-order chi connectivity index (χ1) is 7.93. The summed E-state index contributed by atoms with van der Waals surface area (Å²) in [5.74, 6) is 1.82. The van der Waals surface area contributed by atoms with Crippen molar-refractivity contribution in [2.24, 2.45) is 0 Å². The van der Waals surface area contributed by atoms with Crippen LogP contribution in [0.2, 0.25) is 0 Å². The van der Waals surface area contributed by atoms with E-state index >= 15 is 0 Å². The molecule has 0 saturated heterocycles. The van der Waals surface area contributed by atoms with Crippen LogP contribution in [0.15, 0.2) is 22.8 Å². The van der Waals surface area contributed by atoms with E-state index in [0.717, 1.165) is 36.7 Å². The third kappa shape index (κ3) is 1.53. The lowest BCUT2D eigenvalue weighted by Crippen LogP contribution is -2.08. The number of aryl methyl sites for hydroxylation is 1. The van der Waals surface area contributed by atoms with Crippen LogP contribution >= 0.6 is 0 Å². The van der Waals surface area contributed by atoms with E-state index in [1.54, 1.807) is 0 Å². The average molecular weight is 231 g/mol. The first-order valence-corrected chi connectivity index (χ1v) is 6.09. The second-order valence-electron chi connectivity index (χ2n) is 4.83. The van der Waals surface area contributed by atoms with Crippen molar-refractivity contribution in [3.63, 3.8) is 0 Å². The largest absolute Gasteiger partial charge is 0.493 e. The minimum Gasteiger partial charge on any atom is -0.493 e. The molecule has 0 radical (unpaired) electrons. The number of benzene rings is 1. The van der Waals surface area contributed by atoms with E-state index in [2.05, 4.69) is 6.07 Å². The molecule has 1 aromatic carbocycles. The summed E-state index contributed by atoms with van der Waals surface area (Å²) in [6.07, 6.45) is 6.85. The molecule has 2 aromatic rings. The van der Waals surface area contributed by atoms with Gasteiger partial charge in [-0.25, -0.2) is 0 Å². The molecule has 0 amide bonds. The highest BCUT2D eigenvalue weighted by atomic mass is 16.5. The molecule has 1 saturated carbocycles. The molecule has 0 spiro atoms. The van der Waals surface area contributed by atoms with Crippen molar-refractivity contribution in [3.8, 4) is 5.75 Å². The number of rotatable bonds is 1. The van der Waals surface area contributed by atoms with Crippen LogP contribution in [0, 0.1) is 0 Å². The van der Waals surface area contributed by atoms with Crippen molar-refractivity contribution < 1.29 is 9.15 Å². The Labute approximate surface area is 100 Å². The predicted molar refractivity (Wildman–Crippen MR) is 67.0 cm³/mol. The summed E-state index contributed by atoms with van der Waals surface area (Å²) in [4.78, 5) is 0. The Morgan fingerprint density at radius 3 is 2.88 bits per heavy atom. The van der Waals surface area contributed by atoms with Gasteiger partial charge in [-0.2, -0.15) is 0 Å². The summed E-state index contributed by atoms with van der Waals surface area (Å²) in [7, 11) is 0. The van der Waals surface area contributed by atoms with Gasteiger partial charge in [0.25, 0.3) is 0 Å². The van der Waals surface area contributed by atoms with Gasteiger partial charge < -0.3 is 15.3 Å². The number of hydrogen-bond donors (Lipinski definition) is 1. The molecule has 0 atom stereocenters. The molecule has 1 aromatic heterocycles. The van der Waals surface area contributed by atoms with Crippen LogP contribution < -0.4 is 10.9 Å². The Balaban J connectivity index is 0.000000902. The van der Waals surface area contributed by atoms with Crippen molar-refractivity contribution >= 4 is 11.0 Å². The smallest absolute Gasteiger partial charge is 0.134 e. The number of fused-ring (bicyclic) bond motifs is 3. The van der Waals surface area contributed by atoms with E-state index in [1.807, 2.05) is 12.3 Å². The molecule has 90 valence electrons. The van der Waals surface area contributed by atoms with Crippen LogP contribution in [0.4, 0.5) is 0 Å². The third-order valence-electron chi connectivity index (χ3n) is 3.68. The van der Waals surface area contributed by atoms with Crippen LogP contribution in [0.3, 0.4) is 0 Å². The van der Waals surface area contributed by atoms with E-state index in [1.165, 1.54) is 29.4 Å². The first-order valence-electron chi connectivity index (χ1n) is 6.09. The maximum absolute atomic E-state index is 5.71. The van der Waals surface area contributed by atoms with Gasteiger partial charge >= 0.3 is 0 Å². The van der Waals surface area contributed by atoms with Crippen molar-refractivity contribution in [2.75, 3.05) is 6.61 Å². The molecule has 17 heavy (non-hydrogen) atoms. The fourth-order valence-electron chi connectivity index (χ4n) is 2.72. The Morgan fingerprint density at radius 1 is 1.18 bits per heavy atom. The molecular formula is C14H17NO2. The van der Waals surface area contributed by atoms with Gasteiger partial charge in [0.15, 0.2) is 0 Å². The average Bonchev–Trinajstić information content (AvgIpc) is 3.08. The van der Waals surface area contributed by atoms with Gasteiger partial charge in [-0.3, -0.25) is 0 Å². The lowest BCUT2D eigenvalue weighted by atomic mass is 9.98. The molecule has 1 aliphatic carbocycles. The van der Waals surface area contributed by atoms with Crippen LogP contribution in [-0.4, -0.2) is 6.61 Å². The van der Waals surface area contributed by atoms with E-state index < -0.39 is 0 Å². The summed E-state index contributed by atoms with van der Waals surface area (Å²) < 4.78 is 11.4. The highest BCUT2D eigenvalue weighted by Crippen LogP contribution is 2.46. The van der Waals surface area contributed by atoms with Gasteiger partial charge in [0.05, 0.1) is 12.9 Å². The maximum atomic E-state index is 5.71. The number of hydrogen-bond acceptors (Lipinski definition) is 3. The summed E-state index contributed by atoms with van der Waals surface area (Å²) in [5, 5.41) is 1.35. The summed E-state index contributed by atoms with van der Waals surface area (Å²) in [6, 6.07) is 4.10. The lowest BCUT2D eigenvalue weighted by Gasteiger charge is -2.18. The van der Waals surface area contributed by atoms with E-state index in [9.17, 15) is 0 Å². The van der Waals surface area contributed by atoms with E-state index in [4.69, 9.17) is 9.15 Å². The zero-order chi connectivity index (χ0) is 10.5. The van der Waals surface area contributed by atoms with Gasteiger partial charge in [0, 0.05) is 16.5 Å². The van der Waals surface area contributed by atoms with Crippen molar-refractivity contribution in [1.82, 2.24) is 6.15 Å². The fraction of sp³-hybridized carbons (Fsp3) is 0.429. The van der Waals surface area contributed by atoms with Gasteiger partial charge in [-0.05, 0) is 43.7 Å². The Hall–Kier alpha value is -1.48. The van der Waals surface area contributed by atoms with Crippen LogP contribution in [0.5, 0.6) is 5.75 Å². The zero-order valence-electron chi connectivity index (χ0n) is 9.87. The Morgan fingerprint density at radius 2 is 2.06 bits per heavy atom. The highest BCUT2D eigenvalue weighted by molar-refractivity contribution is 5.88. The lowest BCUT2D eigenvalue weighted by molar-refractivity contribution is 0.289. The third-order valence-corrected chi connectivity index (χ3v) is 3.68. The Bertz CT molecular complexity index is 555. The first kappa shape index (κ1) is 10.7. The number of ether oxygens (including phenoxy) is 1. The van der Waals surface area contributed by atoms with Crippen LogP contribution in [-0.2, 0) is 6.42 Å². The van der Waals surface area contributed by atoms with Crippen molar-refractivity contribution in [2.45, 2.75) is 31.6 Å². The zero-order valence-corrected chi connectivity index (χ0v) is 9.87. The van der Waals surface area contributed by atoms with Gasteiger partial charge in [0.2, 0.25) is 0 Å². The summed E-state index contributed by atoms with van der Waals surface area (Å²) in [5.41, 5.74) is 3.82. The summed E-state index contributed by atoms with van der Waals surface area (Å²) >= 11 is 0. The molecule has 4 rings (SSSR count). The molecule has 0 bridgehead atoms. The molecule has 2 heterocycles. The summed E-state index contributed by atoms with van der Waals surface area (Å²) in [6.45, 7) is 0.856. The van der Waals surface area contributed by atoms with Gasteiger partial charge in [-0.15, -0.1) is 0 Å². The SMILES string of the molecule is N.c1cc2occ(C3CC3)c2c2c1OCCC2. The topological polar surface area (TPSA) is 57.4 Å².